The molecule has 4 nitrogen and oxygen atoms in total. The van der Waals surface area contributed by atoms with Crippen LogP contribution in [0.4, 0.5) is 10.5 Å². The summed E-state index contributed by atoms with van der Waals surface area (Å²) in [4.78, 5) is 11.6. The Labute approximate surface area is 110 Å². The van der Waals surface area contributed by atoms with Crippen molar-refractivity contribution in [1.29, 1.82) is 0 Å². The lowest BCUT2D eigenvalue weighted by Gasteiger charge is -2.12. The Balaban J connectivity index is 1.90. The van der Waals surface area contributed by atoms with Crippen molar-refractivity contribution in [3.05, 3.63) is 28.2 Å². The smallest absolute Gasteiger partial charge is 0.319 e. The normalized spacial score (nSPS) is 19.1. The molecular weight excluding hydrogens is 261 g/mol. The Morgan fingerprint density at radius 1 is 1.35 bits per heavy atom. The third-order valence-electron chi connectivity index (χ3n) is 2.57. The van der Waals surface area contributed by atoms with E-state index in [2.05, 4.69) is 16.0 Å². The number of hydrogen-bond donors (Lipinski definition) is 3. The Morgan fingerprint density at radius 3 is 2.82 bits per heavy atom. The van der Waals surface area contributed by atoms with Crippen molar-refractivity contribution in [2.45, 2.75) is 12.5 Å². The van der Waals surface area contributed by atoms with Crippen molar-refractivity contribution in [1.82, 2.24) is 10.6 Å². The molecule has 1 heterocycles. The molecule has 1 fully saturated rings. The number of rotatable bonds is 2. The summed E-state index contributed by atoms with van der Waals surface area (Å²) in [6, 6.07) is 4.95. The predicted octanol–water partition coefficient (Wildman–Crippen LogP) is 2.48. The van der Waals surface area contributed by atoms with Gasteiger partial charge < -0.3 is 16.0 Å². The molecule has 3 N–H and O–H groups in total. The number of benzene rings is 1. The minimum atomic E-state index is -0.225. The Hall–Kier alpha value is -0.970. The van der Waals surface area contributed by atoms with Crippen LogP contribution < -0.4 is 16.0 Å². The van der Waals surface area contributed by atoms with E-state index in [4.69, 9.17) is 23.2 Å². The molecule has 0 radical (unpaired) electrons. The first kappa shape index (κ1) is 12.5. The standard InChI is InChI=1S/C11H13Cl2N3O/c12-9-2-1-7(5-10(9)13)15-11(17)16-8-3-4-14-6-8/h1-2,5,8,14H,3-4,6H2,(H2,15,16,17)/t8-/m0/s1. The molecule has 0 spiro atoms. The van der Waals surface area contributed by atoms with Gasteiger partial charge in [-0.1, -0.05) is 23.2 Å². The maximum atomic E-state index is 11.6. The predicted molar refractivity (Wildman–Crippen MR) is 69.9 cm³/mol. The average molecular weight is 274 g/mol. The molecule has 0 unspecified atom stereocenters. The van der Waals surface area contributed by atoms with Gasteiger partial charge in [-0.3, -0.25) is 0 Å². The van der Waals surface area contributed by atoms with E-state index in [9.17, 15) is 4.79 Å². The van der Waals surface area contributed by atoms with Crippen LogP contribution in [0.2, 0.25) is 10.0 Å². The van der Waals surface area contributed by atoms with Crippen LogP contribution >= 0.6 is 23.2 Å². The summed E-state index contributed by atoms with van der Waals surface area (Å²) < 4.78 is 0. The topological polar surface area (TPSA) is 53.2 Å². The van der Waals surface area contributed by atoms with Crippen molar-refractivity contribution in [2.75, 3.05) is 18.4 Å². The number of nitrogens with one attached hydrogen (secondary N) is 3. The Bertz CT molecular complexity index is 419. The van der Waals surface area contributed by atoms with Crippen LogP contribution in [0.25, 0.3) is 0 Å². The molecule has 17 heavy (non-hydrogen) atoms. The molecule has 1 aromatic carbocycles. The quantitative estimate of drug-likeness (QED) is 0.776. The second kappa shape index (κ2) is 5.58. The second-order valence-corrected chi connectivity index (χ2v) is 4.73. The lowest BCUT2D eigenvalue weighted by atomic mass is 10.3. The van der Waals surface area contributed by atoms with Gasteiger partial charge in [0.1, 0.15) is 0 Å². The highest BCUT2D eigenvalue weighted by molar-refractivity contribution is 6.42. The number of carbonyl (C=O) groups is 1. The van der Waals surface area contributed by atoms with Crippen molar-refractivity contribution in [2.24, 2.45) is 0 Å². The molecular formula is C11H13Cl2N3O. The lowest BCUT2D eigenvalue weighted by molar-refractivity contribution is 0.249. The highest BCUT2D eigenvalue weighted by Crippen LogP contribution is 2.24. The third kappa shape index (κ3) is 3.49. The summed E-state index contributed by atoms with van der Waals surface area (Å²) in [6.45, 7) is 1.76. The fraction of sp³-hybridized carbons (Fsp3) is 0.364. The number of carbonyl (C=O) groups excluding carboxylic acids is 1. The van der Waals surface area contributed by atoms with Crippen molar-refractivity contribution < 1.29 is 4.79 Å². The second-order valence-electron chi connectivity index (χ2n) is 3.92. The first-order valence-corrected chi connectivity index (χ1v) is 6.14. The molecule has 1 atom stereocenters. The zero-order valence-corrected chi connectivity index (χ0v) is 10.6. The molecule has 1 aliphatic heterocycles. The van der Waals surface area contributed by atoms with Crippen molar-refractivity contribution in [3.8, 4) is 0 Å². The van der Waals surface area contributed by atoms with Crippen LogP contribution in [0.3, 0.4) is 0 Å². The van der Waals surface area contributed by atoms with Crippen LogP contribution in [0.5, 0.6) is 0 Å². The maximum Gasteiger partial charge on any atom is 0.319 e. The molecule has 6 heteroatoms. The van der Waals surface area contributed by atoms with E-state index >= 15 is 0 Å². The molecule has 1 aliphatic rings. The van der Waals surface area contributed by atoms with Gasteiger partial charge in [-0.05, 0) is 31.2 Å². The molecule has 1 saturated heterocycles. The van der Waals surface area contributed by atoms with Gasteiger partial charge in [-0.25, -0.2) is 4.79 Å². The molecule has 2 rings (SSSR count). The monoisotopic (exact) mass is 273 g/mol. The van der Waals surface area contributed by atoms with E-state index in [0.717, 1.165) is 19.5 Å². The van der Waals surface area contributed by atoms with Crippen LogP contribution in [-0.4, -0.2) is 25.2 Å². The number of hydrogen-bond acceptors (Lipinski definition) is 2. The van der Waals surface area contributed by atoms with Gasteiger partial charge in [0.05, 0.1) is 10.0 Å². The van der Waals surface area contributed by atoms with E-state index in [1.165, 1.54) is 0 Å². The minimum Gasteiger partial charge on any atom is -0.334 e. The van der Waals surface area contributed by atoms with Gasteiger partial charge in [-0.2, -0.15) is 0 Å². The summed E-state index contributed by atoms with van der Waals surface area (Å²) >= 11 is 11.6. The molecule has 0 aliphatic carbocycles. The highest BCUT2D eigenvalue weighted by Gasteiger charge is 2.16. The molecule has 92 valence electrons. The third-order valence-corrected chi connectivity index (χ3v) is 3.31. The summed E-state index contributed by atoms with van der Waals surface area (Å²) in [5.41, 5.74) is 0.628. The highest BCUT2D eigenvalue weighted by atomic mass is 35.5. The zero-order valence-electron chi connectivity index (χ0n) is 9.09. The fourth-order valence-corrected chi connectivity index (χ4v) is 2.00. The number of anilines is 1. The van der Waals surface area contributed by atoms with Gasteiger partial charge in [0.15, 0.2) is 0 Å². The summed E-state index contributed by atoms with van der Waals surface area (Å²) in [5, 5.41) is 9.66. The summed E-state index contributed by atoms with van der Waals surface area (Å²) in [7, 11) is 0. The Kier molecular flexibility index (Phi) is 4.10. The van der Waals surface area contributed by atoms with E-state index < -0.39 is 0 Å². The van der Waals surface area contributed by atoms with Crippen molar-refractivity contribution in [3.63, 3.8) is 0 Å². The van der Waals surface area contributed by atoms with Crippen LogP contribution in [0, 0.1) is 0 Å². The summed E-state index contributed by atoms with van der Waals surface area (Å²) in [5.74, 6) is 0. The van der Waals surface area contributed by atoms with Gasteiger partial charge in [0, 0.05) is 18.3 Å². The number of amides is 2. The fourth-order valence-electron chi connectivity index (χ4n) is 1.70. The van der Waals surface area contributed by atoms with Crippen LogP contribution in [0.15, 0.2) is 18.2 Å². The van der Waals surface area contributed by atoms with Gasteiger partial charge in [0.25, 0.3) is 0 Å². The minimum absolute atomic E-state index is 0.192. The molecule has 2 amide bonds. The first-order chi connectivity index (χ1) is 8.15. The molecule has 0 bridgehead atoms. The zero-order chi connectivity index (χ0) is 12.3. The first-order valence-electron chi connectivity index (χ1n) is 5.38. The SMILES string of the molecule is O=C(Nc1ccc(Cl)c(Cl)c1)N[C@H]1CCNC1. The maximum absolute atomic E-state index is 11.6. The van der Waals surface area contributed by atoms with Crippen LogP contribution in [0.1, 0.15) is 6.42 Å². The number of halogens is 2. The Morgan fingerprint density at radius 2 is 2.18 bits per heavy atom. The largest absolute Gasteiger partial charge is 0.334 e. The van der Waals surface area contributed by atoms with Crippen molar-refractivity contribution >= 4 is 34.9 Å². The van der Waals surface area contributed by atoms with E-state index in [0.29, 0.717) is 15.7 Å². The van der Waals surface area contributed by atoms with Gasteiger partial charge >= 0.3 is 6.03 Å². The van der Waals surface area contributed by atoms with E-state index in [1.807, 2.05) is 0 Å². The average Bonchev–Trinajstić information content (AvgIpc) is 2.76. The summed E-state index contributed by atoms with van der Waals surface area (Å²) in [6.07, 6.45) is 0.953. The lowest BCUT2D eigenvalue weighted by Crippen LogP contribution is -2.39. The van der Waals surface area contributed by atoms with E-state index in [1.54, 1.807) is 18.2 Å². The molecule has 1 aromatic rings. The molecule has 0 aromatic heterocycles. The van der Waals surface area contributed by atoms with E-state index in [-0.39, 0.29) is 12.1 Å². The van der Waals surface area contributed by atoms with Gasteiger partial charge in [0.2, 0.25) is 0 Å². The van der Waals surface area contributed by atoms with Gasteiger partial charge in [-0.15, -0.1) is 0 Å². The van der Waals surface area contributed by atoms with Crippen LogP contribution in [-0.2, 0) is 0 Å². The molecule has 0 saturated carbocycles. The number of urea groups is 1.